The zero-order valence-electron chi connectivity index (χ0n) is 27.3. The molecule has 0 unspecified atom stereocenters. The van der Waals surface area contributed by atoms with Gasteiger partial charge in [-0.05, 0) is 111 Å². The Morgan fingerprint density at radius 2 is 0.833 bits per heavy atom. The van der Waals surface area contributed by atoms with Crippen molar-refractivity contribution in [1.29, 1.82) is 0 Å². The van der Waals surface area contributed by atoms with Crippen LogP contribution in [0, 0.1) is 0 Å². The van der Waals surface area contributed by atoms with Gasteiger partial charge in [0.25, 0.3) is 0 Å². The fraction of sp³-hybridized carbons (Fsp3) is 0.118. The molecule has 2 aromatic heterocycles. The van der Waals surface area contributed by atoms with Gasteiger partial charge in [-0.25, -0.2) is 0 Å². The number of aromatic nitrogens is 6. The summed E-state index contributed by atoms with van der Waals surface area (Å²) in [6, 6.07) is 36.6. The predicted molar refractivity (Wildman–Crippen MR) is 203 cm³/mol. The number of halogens is 6. The molecule has 1 aliphatic heterocycles. The number of rotatable bonds is 3. The van der Waals surface area contributed by atoms with E-state index in [2.05, 4.69) is 82.2 Å². The van der Waals surface area contributed by atoms with Crippen molar-refractivity contribution >= 4 is 97.0 Å². The zero-order chi connectivity index (χ0) is 33.4. The van der Waals surface area contributed by atoms with E-state index in [1.807, 2.05) is 72.8 Å². The van der Waals surface area contributed by atoms with Crippen LogP contribution in [0.15, 0.2) is 114 Å². The Morgan fingerprint density at radius 1 is 0.458 bits per heavy atom. The van der Waals surface area contributed by atoms with Crippen molar-refractivity contribution in [2.24, 2.45) is 0 Å². The van der Waals surface area contributed by atoms with E-state index in [1.165, 1.54) is 24.0 Å². The molecule has 0 atom stereocenters. The standard InChI is InChI=1S/C15H9Cl2N3.C12H9Br.C4H8O.C3Cl3N3.Mg.2H/c16-14-18-13(19-15(17)20-14)12-8-4-7-11(9-12)10-5-2-1-3-6-10;13-12-8-4-7-11(9-12)10-5-2-1-3-6-10;1-2-4-5-3-1;4-1-7-2(5)9-3(6)8-1;;;/h1-9H;1-9H;1-4H2;;;;/q;;;;+2;2*-1. The van der Waals surface area contributed by atoms with Gasteiger partial charge in [0.1, 0.15) is 0 Å². The minimum absolute atomic E-state index is 0. The maximum absolute atomic E-state index is 5.81. The number of nitrogens with zero attached hydrogens (tertiary/aromatic N) is 6. The predicted octanol–water partition coefficient (Wildman–Crippen LogP) is 11.1. The van der Waals surface area contributed by atoms with Crippen molar-refractivity contribution in [2.45, 2.75) is 12.8 Å². The quantitative estimate of drug-likeness (QED) is 0.164. The van der Waals surface area contributed by atoms with Crippen LogP contribution in [0.25, 0.3) is 33.6 Å². The molecule has 1 saturated heterocycles. The third-order valence-corrected chi connectivity index (χ3v) is 7.46. The molecule has 0 saturated carbocycles. The molecule has 0 bridgehead atoms. The van der Waals surface area contributed by atoms with Crippen molar-refractivity contribution in [3.05, 3.63) is 140 Å². The molecule has 1 aliphatic rings. The summed E-state index contributed by atoms with van der Waals surface area (Å²) in [6.45, 7) is 2.00. The van der Waals surface area contributed by atoms with Crippen molar-refractivity contribution in [3.8, 4) is 33.6 Å². The number of hydrogen-bond acceptors (Lipinski definition) is 7. The van der Waals surface area contributed by atoms with Gasteiger partial charge < -0.3 is 7.59 Å². The van der Waals surface area contributed by atoms with Gasteiger partial charge in [-0.15, -0.1) is 0 Å². The minimum Gasteiger partial charge on any atom is -1.00 e. The third kappa shape index (κ3) is 14.2. The van der Waals surface area contributed by atoms with Gasteiger partial charge in [0.2, 0.25) is 26.4 Å². The number of ether oxygens (including phenoxy) is 1. The van der Waals surface area contributed by atoms with Crippen LogP contribution < -0.4 is 0 Å². The van der Waals surface area contributed by atoms with Gasteiger partial charge in [-0.2, -0.15) is 29.9 Å². The monoisotopic (exact) mass is 814 g/mol. The van der Waals surface area contributed by atoms with Gasteiger partial charge in [-0.1, -0.05) is 107 Å². The summed E-state index contributed by atoms with van der Waals surface area (Å²) < 4.78 is 6.06. The smallest absolute Gasteiger partial charge is 1.00 e. The molecular weight excluding hydrogens is 790 g/mol. The molecule has 7 nitrogen and oxygen atoms in total. The fourth-order valence-corrected chi connectivity index (χ4v) is 5.41. The van der Waals surface area contributed by atoms with Crippen LogP contribution in [-0.2, 0) is 4.74 Å². The first-order chi connectivity index (χ1) is 22.8. The molecular formula is C34H28BrCl5MgN6O. The van der Waals surface area contributed by atoms with E-state index in [0.29, 0.717) is 5.82 Å². The zero-order valence-corrected chi connectivity index (χ0v) is 32.1. The molecule has 0 spiro atoms. The first kappa shape index (κ1) is 40.0. The Kier molecular flexibility index (Phi) is 18.0. The average molecular weight is 818 g/mol. The Labute approximate surface area is 331 Å². The summed E-state index contributed by atoms with van der Waals surface area (Å²) in [7, 11) is 0. The Morgan fingerprint density at radius 3 is 1.25 bits per heavy atom. The molecule has 0 aliphatic carbocycles. The second-order valence-corrected chi connectivity index (χ2v) is 12.1. The van der Waals surface area contributed by atoms with E-state index >= 15 is 0 Å². The molecule has 6 aromatic rings. The van der Waals surface area contributed by atoms with E-state index in [0.717, 1.165) is 34.4 Å². The van der Waals surface area contributed by atoms with Gasteiger partial charge in [-0.3, -0.25) is 0 Å². The van der Waals surface area contributed by atoms with Crippen LogP contribution in [0.5, 0.6) is 0 Å². The number of benzene rings is 4. The third-order valence-electron chi connectivity index (χ3n) is 6.12. The van der Waals surface area contributed by atoms with Crippen molar-refractivity contribution in [3.63, 3.8) is 0 Å². The Bertz CT molecular complexity index is 1790. The minimum atomic E-state index is 0. The summed E-state index contributed by atoms with van der Waals surface area (Å²) in [5.74, 6) is 0.466. The maximum atomic E-state index is 5.81. The molecule has 0 N–H and O–H groups in total. The normalized spacial score (nSPS) is 11.4. The van der Waals surface area contributed by atoms with Gasteiger partial charge in [0, 0.05) is 23.2 Å². The average Bonchev–Trinajstić information content (AvgIpc) is 3.66. The molecule has 7 rings (SSSR count). The second kappa shape index (κ2) is 21.6. The molecule has 3 heterocycles. The topological polar surface area (TPSA) is 86.6 Å². The molecule has 14 heteroatoms. The van der Waals surface area contributed by atoms with Crippen molar-refractivity contribution < 1.29 is 7.59 Å². The molecule has 48 heavy (non-hydrogen) atoms. The van der Waals surface area contributed by atoms with Crippen LogP contribution in [0.2, 0.25) is 26.4 Å². The van der Waals surface area contributed by atoms with Gasteiger partial charge in [0.05, 0.1) is 0 Å². The maximum Gasteiger partial charge on any atom is 2.00 e. The van der Waals surface area contributed by atoms with E-state index in [1.54, 1.807) is 0 Å². The Hall–Kier alpha value is -2.44. The second-order valence-electron chi connectivity index (χ2n) is 9.48. The van der Waals surface area contributed by atoms with E-state index in [-0.39, 0.29) is 52.3 Å². The summed E-state index contributed by atoms with van der Waals surface area (Å²) >= 11 is 31.0. The summed E-state index contributed by atoms with van der Waals surface area (Å²) in [5, 5.41) is 0.176. The molecule has 0 radical (unpaired) electrons. The SMILES string of the molecule is Brc1cccc(-c2ccccc2)c1.C1CCOC1.Clc1nc(Cl)nc(-c2cccc(-c3ccccc3)c2)n1.Clc1nc(Cl)nc(Cl)n1.[H-].[H-].[Mg+2]. The molecule has 0 amide bonds. The largest absolute Gasteiger partial charge is 2.00 e. The first-order valence-electron chi connectivity index (χ1n) is 14.1. The van der Waals surface area contributed by atoms with Crippen LogP contribution in [0.3, 0.4) is 0 Å². The first-order valence-corrected chi connectivity index (χ1v) is 16.8. The van der Waals surface area contributed by atoms with Gasteiger partial charge >= 0.3 is 23.1 Å². The molecule has 244 valence electrons. The number of hydrogen-bond donors (Lipinski definition) is 0. The molecule has 4 aromatic carbocycles. The Balaban J connectivity index is 0.000000361. The van der Waals surface area contributed by atoms with Crippen LogP contribution in [0.1, 0.15) is 15.7 Å². The van der Waals surface area contributed by atoms with E-state index in [4.69, 9.17) is 62.7 Å². The van der Waals surface area contributed by atoms with Crippen molar-refractivity contribution in [1.82, 2.24) is 29.9 Å². The van der Waals surface area contributed by atoms with Crippen LogP contribution >= 0.6 is 73.9 Å². The molecule has 1 fully saturated rings. The summed E-state index contributed by atoms with van der Waals surface area (Å²) in [4.78, 5) is 22.3. The summed E-state index contributed by atoms with van der Waals surface area (Å²) in [6.07, 6.45) is 2.56. The van der Waals surface area contributed by atoms with Crippen molar-refractivity contribution in [2.75, 3.05) is 13.2 Å². The van der Waals surface area contributed by atoms with E-state index < -0.39 is 0 Å². The summed E-state index contributed by atoms with van der Waals surface area (Å²) in [5.41, 5.74) is 5.55. The van der Waals surface area contributed by atoms with Crippen LogP contribution in [0.4, 0.5) is 0 Å². The van der Waals surface area contributed by atoms with Crippen LogP contribution in [-0.4, -0.2) is 66.2 Å². The van der Waals surface area contributed by atoms with Gasteiger partial charge in [0.15, 0.2) is 5.82 Å². The van der Waals surface area contributed by atoms with E-state index in [9.17, 15) is 0 Å². The fourth-order valence-electron chi connectivity index (χ4n) is 4.04.